The van der Waals surface area contributed by atoms with Crippen LogP contribution in [0.1, 0.15) is 31.0 Å². The molecule has 3 aromatic carbocycles. The maximum atomic E-state index is 13.9. The van der Waals surface area contributed by atoms with Crippen LogP contribution in [0, 0.1) is 0 Å². The van der Waals surface area contributed by atoms with Crippen LogP contribution in [0.3, 0.4) is 0 Å². The second-order valence-corrected chi connectivity index (χ2v) is 10.2. The average Bonchev–Trinajstić information content (AvgIpc) is 3.30. The molecule has 2 heterocycles. The second-order valence-electron chi connectivity index (χ2n) is 9.19. The number of carbonyl (C=O) groups is 1. The van der Waals surface area contributed by atoms with Gasteiger partial charge in [-0.3, -0.25) is 9.36 Å². The Kier molecular flexibility index (Phi) is 8.30. The highest BCUT2D eigenvalue weighted by molar-refractivity contribution is 7.07. The third-order valence-electron chi connectivity index (χ3n) is 6.59. The molecule has 0 saturated carbocycles. The summed E-state index contributed by atoms with van der Waals surface area (Å²) in [6, 6.07) is 18.4. The molecule has 0 aliphatic carbocycles. The number of aromatic nitrogens is 1. The van der Waals surface area contributed by atoms with Crippen molar-refractivity contribution in [3.8, 4) is 17.2 Å². The molecule has 0 saturated heterocycles. The molecule has 0 fully saturated rings. The number of esters is 1. The van der Waals surface area contributed by atoms with Gasteiger partial charge in [0.25, 0.3) is 5.56 Å². The van der Waals surface area contributed by atoms with Gasteiger partial charge < -0.3 is 19.3 Å². The Morgan fingerprint density at radius 3 is 2.50 bits per heavy atom. The van der Waals surface area contributed by atoms with Gasteiger partial charge in [0.15, 0.2) is 4.80 Å². The van der Waals surface area contributed by atoms with Crippen molar-refractivity contribution in [1.82, 2.24) is 4.57 Å². The lowest BCUT2D eigenvalue weighted by Gasteiger charge is -2.26. The minimum absolute atomic E-state index is 0.0675. The van der Waals surface area contributed by atoms with Crippen molar-refractivity contribution < 1.29 is 24.1 Å². The maximum Gasteiger partial charge on any atom is 0.338 e. The van der Waals surface area contributed by atoms with Crippen molar-refractivity contribution in [1.29, 1.82) is 0 Å². The summed E-state index contributed by atoms with van der Waals surface area (Å²) in [5.41, 5.74) is 2.40. The van der Waals surface area contributed by atoms with Crippen molar-refractivity contribution in [2.45, 2.75) is 19.9 Å². The number of carbonyl (C=O) groups excluding carboxylic acids is 1. The van der Waals surface area contributed by atoms with E-state index in [1.165, 1.54) is 17.7 Å². The van der Waals surface area contributed by atoms with Gasteiger partial charge in [0.1, 0.15) is 23.3 Å². The first kappa shape index (κ1) is 28.5. The highest BCUT2D eigenvalue weighted by Crippen LogP contribution is 2.37. The number of hydrogen-bond donors (Lipinski definition) is 1. The van der Waals surface area contributed by atoms with E-state index in [0.717, 1.165) is 11.3 Å². The van der Waals surface area contributed by atoms with Crippen molar-refractivity contribution in [2.24, 2.45) is 15.2 Å². The summed E-state index contributed by atoms with van der Waals surface area (Å²) in [7, 11) is 3.05. The van der Waals surface area contributed by atoms with E-state index in [1.807, 2.05) is 30.3 Å². The molecule has 10 nitrogen and oxygen atoms in total. The number of thiazole rings is 1. The number of hydrogen-bond acceptors (Lipinski definition) is 10. The summed E-state index contributed by atoms with van der Waals surface area (Å²) >= 11 is 1.15. The summed E-state index contributed by atoms with van der Waals surface area (Å²) in [5.74, 6) is 0.350. The SMILES string of the molecule is CCOC(=O)C1=C(C)N=c2s/c(=C\c3ccc(N=Nc4ccccc4)cc3O)c(=O)n2[C@H]1c1ccc(OC)cc1OC. The largest absolute Gasteiger partial charge is 0.507 e. The number of rotatable bonds is 8. The third-order valence-corrected chi connectivity index (χ3v) is 7.57. The van der Waals surface area contributed by atoms with Crippen LogP contribution in [0.25, 0.3) is 6.08 Å². The van der Waals surface area contributed by atoms with E-state index in [4.69, 9.17) is 14.2 Å². The van der Waals surface area contributed by atoms with Gasteiger partial charge in [-0.15, -0.1) is 0 Å². The van der Waals surface area contributed by atoms with E-state index in [1.54, 1.807) is 57.4 Å². The Morgan fingerprint density at radius 2 is 1.81 bits per heavy atom. The van der Waals surface area contributed by atoms with E-state index >= 15 is 0 Å². The Hall–Kier alpha value is -5.03. The lowest BCUT2D eigenvalue weighted by atomic mass is 9.95. The fourth-order valence-electron chi connectivity index (χ4n) is 4.60. The van der Waals surface area contributed by atoms with Crippen LogP contribution in [0.4, 0.5) is 11.4 Å². The minimum Gasteiger partial charge on any atom is -0.507 e. The zero-order valence-electron chi connectivity index (χ0n) is 23.4. The highest BCUT2D eigenvalue weighted by atomic mass is 32.1. The van der Waals surface area contributed by atoms with Gasteiger partial charge >= 0.3 is 5.97 Å². The Morgan fingerprint density at radius 1 is 1.05 bits per heavy atom. The zero-order valence-corrected chi connectivity index (χ0v) is 24.2. The monoisotopic (exact) mass is 584 g/mol. The van der Waals surface area contributed by atoms with Gasteiger partial charge in [-0.25, -0.2) is 9.79 Å². The quantitative estimate of drug-likeness (QED) is 0.231. The first-order valence-electron chi connectivity index (χ1n) is 13.1. The second kappa shape index (κ2) is 12.2. The molecule has 0 spiro atoms. The van der Waals surface area contributed by atoms with Crippen molar-refractivity contribution in [3.63, 3.8) is 0 Å². The Bertz CT molecular complexity index is 1890. The van der Waals surface area contributed by atoms with Crippen LogP contribution in [0.15, 0.2) is 98.0 Å². The Labute approximate surface area is 245 Å². The number of ether oxygens (including phenoxy) is 3. The van der Waals surface area contributed by atoms with Crippen LogP contribution in [-0.2, 0) is 9.53 Å². The number of azo groups is 1. The predicted molar refractivity (Wildman–Crippen MR) is 159 cm³/mol. The molecular weight excluding hydrogens is 556 g/mol. The molecule has 1 atom stereocenters. The zero-order chi connectivity index (χ0) is 29.8. The predicted octanol–water partition coefficient (Wildman–Crippen LogP) is 4.94. The smallest absolute Gasteiger partial charge is 0.338 e. The standard InChI is InChI=1S/C31H28N4O6S/c1-5-41-30(38)27-18(2)32-31-35(28(27)23-14-13-22(39-3)17-25(23)40-4)29(37)26(42-31)15-19-11-12-21(16-24(19)36)34-33-20-9-7-6-8-10-20/h6-17,28,36H,5H2,1-4H3/b26-15-,34-33?/t28-/m0/s1. The molecule has 1 N–H and O–H groups in total. The van der Waals surface area contributed by atoms with Crippen LogP contribution in [-0.4, -0.2) is 36.5 Å². The van der Waals surface area contributed by atoms with E-state index in [0.29, 0.717) is 49.0 Å². The van der Waals surface area contributed by atoms with Gasteiger partial charge in [0.05, 0.1) is 48.0 Å². The number of fused-ring (bicyclic) bond motifs is 1. The summed E-state index contributed by atoms with van der Waals surface area (Å²) in [5, 5.41) is 19.1. The van der Waals surface area contributed by atoms with Crippen LogP contribution in [0.5, 0.6) is 17.2 Å². The van der Waals surface area contributed by atoms with Gasteiger partial charge in [-0.05, 0) is 56.3 Å². The molecule has 1 aliphatic heterocycles. The number of phenols is 1. The molecular formula is C31H28N4O6S. The van der Waals surface area contributed by atoms with E-state index in [9.17, 15) is 14.7 Å². The molecule has 4 aromatic rings. The Balaban J connectivity index is 1.62. The topological polar surface area (TPSA) is 124 Å². The number of phenolic OH excluding ortho intramolecular Hbond substituents is 1. The summed E-state index contributed by atoms with van der Waals surface area (Å²) in [6.45, 7) is 3.58. The number of nitrogens with zero attached hydrogens (tertiary/aromatic N) is 4. The van der Waals surface area contributed by atoms with Gasteiger partial charge in [-0.2, -0.15) is 10.2 Å². The van der Waals surface area contributed by atoms with Gasteiger partial charge in [-0.1, -0.05) is 29.5 Å². The molecule has 5 rings (SSSR count). The molecule has 42 heavy (non-hydrogen) atoms. The first-order chi connectivity index (χ1) is 20.3. The van der Waals surface area contributed by atoms with E-state index < -0.39 is 12.0 Å². The fourth-order valence-corrected chi connectivity index (χ4v) is 5.64. The van der Waals surface area contributed by atoms with E-state index in [2.05, 4.69) is 15.2 Å². The number of allylic oxidation sites excluding steroid dienone is 1. The molecule has 0 radical (unpaired) electrons. The third kappa shape index (κ3) is 5.59. The summed E-state index contributed by atoms with van der Waals surface area (Å²) < 4.78 is 18.1. The molecule has 214 valence electrons. The first-order valence-corrected chi connectivity index (χ1v) is 13.9. The molecule has 0 bridgehead atoms. The number of aromatic hydroxyl groups is 1. The fraction of sp³-hybridized carbons (Fsp3) is 0.194. The normalized spacial score (nSPS) is 15.0. The van der Waals surface area contributed by atoms with Gasteiger partial charge in [0.2, 0.25) is 0 Å². The van der Waals surface area contributed by atoms with Crippen LogP contribution >= 0.6 is 11.3 Å². The molecule has 0 unspecified atom stereocenters. The lowest BCUT2D eigenvalue weighted by Crippen LogP contribution is -2.40. The molecule has 1 aromatic heterocycles. The average molecular weight is 585 g/mol. The van der Waals surface area contributed by atoms with E-state index in [-0.39, 0.29) is 23.5 Å². The van der Waals surface area contributed by atoms with Crippen molar-refractivity contribution >= 4 is 34.8 Å². The van der Waals surface area contributed by atoms with Crippen molar-refractivity contribution in [3.05, 3.63) is 109 Å². The minimum atomic E-state index is -0.863. The van der Waals surface area contributed by atoms with Crippen LogP contribution in [0.2, 0.25) is 0 Å². The summed E-state index contributed by atoms with van der Waals surface area (Å²) in [6.07, 6.45) is 1.59. The molecule has 11 heteroatoms. The van der Waals surface area contributed by atoms with Crippen molar-refractivity contribution in [2.75, 3.05) is 20.8 Å². The molecule has 1 aliphatic rings. The van der Waals surface area contributed by atoms with Crippen LogP contribution < -0.4 is 24.4 Å². The maximum absolute atomic E-state index is 13.9. The lowest BCUT2D eigenvalue weighted by molar-refractivity contribution is -0.139. The van der Waals surface area contributed by atoms with Gasteiger partial charge in [0, 0.05) is 23.3 Å². The number of methoxy groups -OCH3 is 2. The number of benzene rings is 3. The molecule has 0 amide bonds. The summed E-state index contributed by atoms with van der Waals surface area (Å²) in [4.78, 5) is 32.1. The highest BCUT2D eigenvalue weighted by Gasteiger charge is 2.35.